The summed E-state index contributed by atoms with van der Waals surface area (Å²) in [5, 5.41) is 0. The molecule has 0 bridgehead atoms. The zero-order valence-electron chi connectivity index (χ0n) is 12.5. The largest absolute Gasteiger partial charge is 0.331 e. The van der Waals surface area contributed by atoms with Crippen LogP contribution >= 0.6 is 0 Å². The average molecular weight is 310 g/mol. The fourth-order valence-corrected chi connectivity index (χ4v) is 3.60. The number of piperidine rings is 1. The summed E-state index contributed by atoms with van der Waals surface area (Å²) >= 11 is 0. The van der Waals surface area contributed by atoms with Crippen LogP contribution in [0.3, 0.4) is 0 Å². The molecule has 6 heteroatoms. The van der Waals surface area contributed by atoms with Gasteiger partial charge in [-0.05, 0) is 44.7 Å². The Morgan fingerprint density at radius 3 is 2.57 bits per heavy atom. The Morgan fingerprint density at radius 2 is 1.95 bits per heavy atom. The van der Waals surface area contributed by atoms with Crippen LogP contribution < -0.4 is 4.72 Å². The van der Waals surface area contributed by atoms with Gasteiger partial charge in [0.05, 0.1) is 4.90 Å². The molecular formula is C15H22N2O3S. The second-order valence-corrected chi connectivity index (χ2v) is 7.16. The lowest BCUT2D eigenvalue weighted by atomic mass is 10.0. The smallest absolute Gasteiger partial charge is 0.321 e. The lowest BCUT2D eigenvalue weighted by molar-refractivity contribution is 0.154. The molecule has 116 valence electrons. The maximum Gasteiger partial charge on any atom is 0.331 e. The van der Waals surface area contributed by atoms with Crippen LogP contribution in [0.4, 0.5) is 4.79 Å². The van der Waals surface area contributed by atoms with Gasteiger partial charge in [-0.3, -0.25) is 0 Å². The van der Waals surface area contributed by atoms with Crippen LogP contribution in [0.5, 0.6) is 0 Å². The molecule has 2 rings (SSSR count). The minimum Gasteiger partial charge on any atom is -0.321 e. The molecule has 0 aliphatic carbocycles. The van der Waals surface area contributed by atoms with Crippen molar-refractivity contribution in [3.63, 3.8) is 0 Å². The number of nitrogens with zero attached hydrogens (tertiary/aromatic N) is 1. The first-order valence-electron chi connectivity index (χ1n) is 7.34. The molecule has 1 fully saturated rings. The quantitative estimate of drug-likeness (QED) is 0.933. The monoisotopic (exact) mass is 310 g/mol. The van der Waals surface area contributed by atoms with E-state index in [0.29, 0.717) is 6.54 Å². The Hall–Kier alpha value is -1.56. The molecule has 1 saturated heterocycles. The van der Waals surface area contributed by atoms with Gasteiger partial charge in [-0.1, -0.05) is 24.6 Å². The first kappa shape index (κ1) is 15.8. The molecule has 1 aliphatic rings. The standard InChI is InChI=1S/C15H22N2O3S/c1-3-13-6-4-5-11-17(13)15(18)16-21(19,20)14-9-7-12(2)8-10-14/h7-10,13H,3-6,11H2,1-2H3,(H,16,18)/t13-/m0/s1. The summed E-state index contributed by atoms with van der Waals surface area (Å²) in [6.45, 7) is 4.52. The third-order valence-corrected chi connectivity index (χ3v) is 5.25. The summed E-state index contributed by atoms with van der Waals surface area (Å²) < 4.78 is 26.7. The number of urea groups is 1. The third-order valence-electron chi connectivity index (χ3n) is 3.91. The average Bonchev–Trinajstić information content (AvgIpc) is 2.47. The van der Waals surface area contributed by atoms with Gasteiger partial charge in [0.25, 0.3) is 10.0 Å². The number of aryl methyl sites for hydroxylation is 1. The van der Waals surface area contributed by atoms with Gasteiger partial charge >= 0.3 is 6.03 Å². The summed E-state index contributed by atoms with van der Waals surface area (Å²) in [7, 11) is -3.80. The lowest BCUT2D eigenvalue weighted by Gasteiger charge is -2.34. The number of carbonyl (C=O) groups excluding carboxylic acids is 1. The Kier molecular flexibility index (Phi) is 4.88. The lowest BCUT2D eigenvalue weighted by Crippen LogP contribution is -2.49. The molecule has 1 aromatic rings. The zero-order valence-corrected chi connectivity index (χ0v) is 13.3. The van der Waals surface area contributed by atoms with Crippen molar-refractivity contribution in [1.82, 2.24) is 9.62 Å². The molecule has 1 aromatic carbocycles. The van der Waals surface area contributed by atoms with Crippen molar-refractivity contribution in [2.45, 2.75) is 50.5 Å². The van der Waals surface area contributed by atoms with Crippen molar-refractivity contribution in [1.29, 1.82) is 0 Å². The highest BCUT2D eigenvalue weighted by Crippen LogP contribution is 2.20. The minimum absolute atomic E-state index is 0.117. The van der Waals surface area contributed by atoms with Gasteiger partial charge in [-0.2, -0.15) is 0 Å². The molecule has 0 saturated carbocycles. The molecule has 0 spiro atoms. The van der Waals surface area contributed by atoms with Crippen LogP contribution in [0, 0.1) is 6.92 Å². The molecule has 0 unspecified atom stereocenters. The minimum atomic E-state index is -3.80. The second kappa shape index (κ2) is 6.47. The molecular weight excluding hydrogens is 288 g/mol. The second-order valence-electron chi connectivity index (χ2n) is 5.47. The van der Waals surface area contributed by atoms with E-state index in [0.717, 1.165) is 31.2 Å². The van der Waals surface area contributed by atoms with E-state index >= 15 is 0 Å². The van der Waals surface area contributed by atoms with Gasteiger partial charge in [0.15, 0.2) is 0 Å². The molecule has 21 heavy (non-hydrogen) atoms. The maximum absolute atomic E-state index is 12.3. The van der Waals surface area contributed by atoms with Gasteiger partial charge in [0.2, 0.25) is 0 Å². The predicted molar refractivity (Wildman–Crippen MR) is 81.5 cm³/mol. The predicted octanol–water partition coefficient (Wildman–Crippen LogP) is 2.66. The number of likely N-dealkylation sites (tertiary alicyclic amines) is 1. The number of sulfonamides is 1. The maximum atomic E-state index is 12.3. The number of rotatable bonds is 3. The van der Waals surface area contributed by atoms with Gasteiger partial charge in [0.1, 0.15) is 0 Å². The van der Waals surface area contributed by atoms with Crippen molar-refractivity contribution in [2.24, 2.45) is 0 Å². The Morgan fingerprint density at radius 1 is 1.29 bits per heavy atom. The van der Waals surface area contributed by atoms with Crippen molar-refractivity contribution < 1.29 is 13.2 Å². The molecule has 0 aromatic heterocycles. The molecule has 0 radical (unpaired) electrons. The highest BCUT2D eigenvalue weighted by molar-refractivity contribution is 7.90. The van der Waals surface area contributed by atoms with Crippen LogP contribution in [0.25, 0.3) is 0 Å². The fourth-order valence-electron chi connectivity index (χ4n) is 2.64. The van der Waals surface area contributed by atoms with E-state index < -0.39 is 16.1 Å². The van der Waals surface area contributed by atoms with E-state index in [-0.39, 0.29) is 10.9 Å². The van der Waals surface area contributed by atoms with Crippen molar-refractivity contribution >= 4 is 16.1 Å². The molecule has 2 amide bonds. The number of hydrogen-bond acceptors (Lipinski definition) is 3. The Bertz CT molecular complexity index is 596. The molecule has 1 heterocycles. The van der Waals surface area contributed by atoms with Crippen LogP contribution in [-0.2, 0) is 10.0 Å². The number of benzene rings is 1. The number of hydrogen-bond donors (Lipinski definition) is 1. The summed E-state index contributed by atoms with van der Waals surface area (Å²) in [4.78, 5) is 14.0. The molecule has 1 aliphatic heterocycles. The third kappa shape index (κ3) is 3.75. The van der Waals surface area contributed by atoms with Gasteiger partial charge in [-0.15, -0.1) is 0 Å². The van der Waals surface area contributed by atoms with E-state index in [1.807, 2.05) is 13.8 Å². The number of carbonyl (C=O) groups is 1. The number of nitrogens with one attached hydrogen (secondary N) is 1. The molecule has 1 N–H and O–H groups in total. The van der Waals surface area contributed by atoms with Crippen LogP contribution in [0.2, 0.25) is 0 Å². The van der Waals surface area contributed by atoms with Crippen molar-refractivity contribution in [3.8, 4) is 0 Å². The molecule has 5 nitrogen and oxygen atoms in total. The van der Waals surface area contributed by atoms with E-state index in [2.05, 4.69) is 4.72 Å². The van der Waals surface area contributed by atoms with Gasteiger partial charge in [-0.25, -0.2) is 17.9 Å². The molecule has 1 atom stereocenters. The van der Waals surface area contributed by atoms with Gasteiger partial charge in [0, 0.05) is 12.6 Å². The summed E-state index contributed by atoms with van der Waals surface area (Å²) in [5.74, 6) is 0. The van der Waals surface area contributed by atoms with Gasteiger partial charge < -0.3 is 4.90 Å². The number of amides is 2. The van der Waals surface area contributed by atoms with Crippen molar-refractivity contribution in [2.75, 3.05) is 6.54 Å². The Balaban J connectivity index is 2.12. The van der Waals surface area contributed by atoms with Crippen LogP contribution in [-0.4, -0.2) is 31.9 Å². The van der Waals surface area contributed by atoms with E-state index in [1.165, 1.54) is 12.1 Å². The highest BCUT2D eigenvalue weighted by atomic mass is 32.2. The first-order valence-corrected chi connectivity index (χ1v) is 8.82. The SMILES string of the molecule is CC[C@H]1CCCCN1C(=O)NS(=O)(=O)c1ccc(C)cc1. The van der Waals surface area contributed by atoms with E-state index in [4.69, 9.17) is 0 Å². The van der Waals surface area contributed by atoms with E-state index in [9.17, 15) is 13.2 Å². The normalized spacial score (nSPS) is 19.3. The highest BCUT2D eigenvalue weighted by Gasteiger charge is 2.28. The summed E-state index contributed by atoms with van der Waals surface area (Å²) in [6.07, 6.45) is 3.80. The topological polar surface area (TPSA) is 66.5 Å². The zero-order chi connectivity index (χ0) is 15.5. The first-order chi connectivity index (χ1) is 9.94. The fraction of sp³-hybridized carbons (Fsp3) is 0.533. The summed E-state index contributed by atoms with van der Waals surface area (Å²) in [5.41, 5.74) is 0.974. The Labute approximate surface area is 126 Å². The van der Waals surface area contributed by atoms with Crippen LogP contribution in [0.1, 0.15) is 38.2 Å². The summed E-state index contributed by atoms with van der Waals surface area (Å²) in [6, 6.07) is 6.08. The van der Waals surface area contributed by atoms with Crippen molar-refractivity contribution in [3.05, 3.63) is 29.8 Å². The van der Waals surface area contributed by atoms with E-state index in [1.54, 1.807) is 17.0 Å². The van der Waals surface area contributed by atoms with Crippen LogP contribution in [0.15, 0.2) is 29.2 Å².